The summed E-state index contributed by atoms with van der Waals surface area (Å²) in [6, 6.07) is 7.92. The lowest BCUT2D eigenvalue weighted by Gasteiger charge is -2.11. The molecule has 1 aromatic rings. The first-order valence-electron chi connectivity index (χ1n) is 6.21. The van der Waals surface area contributed by atoms with Crippen LogP contribution in [0.3, 0.4) is 0 Å². The number of methoxy groups -OCH3 is 1. The Morgan fingerprint density at radius 2 is 1.84 bits per heavy atom. The van der Waals surface area contributed by atoms with E-state index in [1.54, 1.807) is 7.11 Å². The van der Waals surface area contributed by atoms with E-state index in [-0.39, 0.29) is 12.0 Å². The number of hydrogen-bond donors (Lipinski definition) is 0. The molecular weight excluding hydrogens is 274 g/mol. The van der Waals surface area contributed by atoms with E-state index in [1.807, 2.05) is 24.3 Å². The number of ether oxygens (including phenoxy) is 2. The normalized spacial score (nSPS) is 12.9. The summed E-state index contributed by atoms with van der Waals surface area (Å²) in [6.45, 7) is 0.397. The third kappa shape index (κ3) is 6.85. The summed E-state index contributed by atoms with van der Waals surface area (Å²) in [4.78, 5) is 0. The van der Waals surface area contributed by atoms with Crippen molar-refractivity contribution in [1.82, 2.24) is 0 Å². The first-order valence-corrected chi connectivity index (χ1v) is 6.65. The average Bonchev–Trinajstić information content (AvgIpc) is 2.41. The molecule has 1 aromatic carbocycles. The lowest BCUT2D eigenvalue weighted by atomic mass is 10.1. The van der Waals surface area contributed by atoms with Gasteiger partial charge in [-0.3, -0.25) is 0 Å². The SMILES string of the molecule is COCCc1ccc(C(Cl)CCOCC(F)F)cc1. The zero-order valence-electron chi connectivity index (χ0n) is 11.0. The maximum Gasteiger partial charge on any atom is 0.261 e. The fourth-order valence-corrected chi connectivity index (χ4v) is 1.87. The number of benzene rings is 1. The van der Waals surface area contributed by atoms with Gasteiger partial charge in [0.25, 0.3) is 6.43 Å². The van der Waals surface area contributed by atoms with Crippen LogP contribution in [-0.2, 0) is 15.9 Å². The minimum Gasteiger partial charge on any atom is -0.384 e. The average molecular weight is 293 g/mol. The van der Waals surface area contributed by atoms with Gasteiger partial charge in [-0.2, -0.15) is 0 Å². The zero-order valence-corrected chi connectivity index (χ0v) is 11.7. The maximum absolute atomic E-state index is 11.9. The molecule has 0 aliphatic heterocycles. The van der Waals surface area contributed by atoms with Crippen molar-refractivity contribution in [3.63, 3.8) is 0 Å². The molecular formula is C14H19ClF2O2. The maximum atomic E-state index is 11.9. The van der Waals surface area contributed by atoms with Crippen LogP contribution in [0.15, 0.2) is 24.3 Å². The molecule has 0 fully saturated rings. The molecule has 0 heterocycles. The Bertz CT molecular complexity index is 344. The highest BCUT2D eigenvalue weighted by Crippen LogP contribution is 2.24. The minimum absolute atomic E-state index is 0.214. The molecule has 0 radical (unpaired) electrons. The van der Waals surface area contributed by atoms with E-state index in [4.69, 9.17) is 21.1 Å². The third-order valence-corrected chi connectivity index (χ3v) is 3.17. The van der Waals surface area contributed by atoms with Crippen LogP contribution in [0.5, 0.6) is 0 Å². The number of alkyl halides is 3. The van der Waals surface area contributed by atoms with Gasteiger partial charge in [-0.25, -0.2) is 8.78 Å². The van der Waals surface area contributed by atoms with Gasteiger partial charge < -0.3 is 9.47 Å². The van der Waals surface area contributed by atoms with Gasteiger partial charge in [0.2, 0.25) is 0 Å². The molecule has 0 aliphatic rings. The monoisotopic (exact) mass is 292 g/mol. The van der Waals surface area contributed by atoms with Crippen molar-refractivity contribution < 1.29 is 18.3 Å². The minimum atomic E-state index is -2.42. The third-order valence-electron chi connectivity index (χ3n) is 2.70. The Morgan fingerprint density at radius 1 is 1.16 bits per heavy atom. The van der Waals surface area contributed by atoms with Gasteiger partial charge in [-0.1, -0.05) is 24.3 Å². The summed E-state index contributed by atoms with van der Waals surface area (Å²) >= 11 is 6.19. The molecule has 0 aliphatic carbocycles. The van der Waals surface area contributed by atoms with E-state index in [1.165, 1.54) is 5.56 Å². The van der Waals surface area contributed by atoms with E-state index < -0.39 is 13.0 Å². The lowest BCUT2D eigenvalue weighted by molar-refractivity contribution is 0.0165. The fourth-order valence-electron chi connectivity index (χ4n) is 1.64. The highest BCUT2D eigenvalue weighted by Gasteiger charge is 2.09. The van der Waals surface area contributed by atoms with E-state index in [9.17, 15) is 8.78 Å². The second kappa shape index (κ2) is 9.23. The Balaban J connectivity index is 2.33. The van der Waals surface area contributed by atoms with E-state index in [0.717, 1.165) is 12.0 Å². The molecule has 0 amide bonds. The Morgan fingerprint density at radius 3 is 2.42 bits per heavy atom. The molecule has 0 saturated carbocycles. The summed E-state index contributed by atoms with van der Waals surface area (Å²) in [5.41, 5.74) is 2.16. The first-order chi connectivity index (χ1) is 9.13. The van der Waals surface area contributed by atoms with Crippen LogP contribution >= 0.6 is 11.6 Å². The molecule has 1 atom stereocenters. The Labute approximate surface area is 117 Å². The number of halogens is 3. The van der Waals surface area contributed by atoms with Crippen LogP contribution in [0.1, 0.15) is 22.9 Å². The van der Waals surface area contributed by atoms with Crippen molar-refractivity contribution in [2.45, 2.75) is 24.6 Å². The van der Waals surface area contributed by atoms with Gasteiger partial charge in [-0.15, -0.1) is 11.6 Å². The summed E-state index contributed by atoms with van der Waals surface area (Å²) in [5, 5.41) is -0.214. The largest absolute Gasteiger partial charge is 0.384 e. The fraction of sp³-hybridized carbons (Fsp3) is 0.571. The van der Waals surface area contributed by atoms with Gasteiger partial charge in [-0.05, 0) is 24.0 Å². The van der Waals surface area contributed by atoms with E-state index >= 15 is 0 Å². The van der Waals surface area contributed by atoms with E-state index in [2.05, 4.69) is 0 Å². The smallest absolute Gasteiger partial charge is 0.261 e. The predicted molar refractivity (Wildman–Crippen MR) is 72.1 cm³/mol. The van der Waals surface area contributed by atoms with Gasteiger partial charge in [0.15, 0.2) is 0 Å². The van der Waals surface area contributed by atoms with Crippen molar-refractivity contribution in [3.8, 4) is 0 Å². The van der Waals surface area contributed by atoms with Gasteiger partial charge in [0, 0.05) is 13.7 Å². The van der Waals surface area contributed by atoms with Crippen molar-refractivity contribution in [2.75, 3.05) is 26.9 Å². The van der Waals surface area contributed by atoms with Crippen LogP contribution in [-0.4, -0.2) is 33.4 Å². The summed E-state index contributed by atoms with van der Waals surface area (Å²) in [6.07, 6.45) is -1.04. The highest BCUT2D eigenvalue weighted by atomic mass is 35.5. The quantitative estimate of drug-likeness (QED) is 0.509. The molecule has 108 valence electrons. The Hall–Kier alpha value is -0.710. The molecule has 0 saturated heterocycles. The standard InChI is InChI=1S/C14H19ClF2O2/c1-18-8-6-11-2-4-12(5-3-11)13(15)7-9-19-10-14(16)17/h2-5,13-14H,6-10H2,1H3. The number of hydrogen-bond acceptors (Lipinski definition) is 2. The lowest BCUT2D eigenvalue weighted by Crippen LogP contribution is -2.07. The zero-order chi connectivity index (χ0) is 14.1. The van der Waals surface area contributed by atoms with Crippen LogP contribution in [0.4, 0.5) is 8.78 Å². The van der Waals surface area contributed by atoms with Gasteiger partial charge >= 0.3 is 0 Å². The van der Waals surface area contributed by atoms with E-state index in [0.29, 0.717) is 13.0 Å². The van der Waals surface area contributed by atoms with Crippen molar-refractivity contribution in [3.05, 3.63) is 35.4 Å². The topological polar surface area (TPSA) is 18.5 Å². The van der Waals surface area contributed by atoms with Crippen molar-refractivity contribution >= 4 is 11.6 Å². The molecule has 5 heteroatoms. The molecule has 0 N–H and O–H groups in total. The first kappa shape index (κ1) is 16.3. The summed E-state index contributed by atoms with van der Waals surface area (Å²) in [5.74, 6) is 0. The van der Waals surface area contributed by atoms with Gasteiger partial charge in [0.1, 0.15) is 6.61 Å². The number of rotatable bonds is 9. The van der Waals surface area contributed by atoms with Crippen LogP contribution in [0.25, 0.3) is 0 Å². The second-order valence-electron chi connectivity index (χ2n) is 4.21. The molecule has 0 aromatic heterocycles. The second-order valence-corrected chi connectivity index (χ2v) is 4.73. The molecule has 2 nitrogen and oxygen atoms in total. The summed E-state index contributed by atoms with van der Waals surface area (Å²) < 4.78 is 33.5. The molecule has 1 rings (SSSR count). The van der Waals surface area contributed by atoms with Crippen LogP contribution in [0.2, 0.25) is 0 Å². The summed E-state index contributed by atoms with van der Waals surface area (Å²) in [7, 11) is 1.67. The van der Waals surface area contributed by atoms with Crippen LogP contribution < -0.4 is 0 Å². The van der Waals surface area contributed by atoms with Crippen LogP contribution in [0, 0.1) is 0 Å². The Kier molecular flexibility index (Phi) is 7.94. The highest BCUT2D eigenvalue weighted by molar-refractivity contribution is 6.20. The molecule has 0 spiro atoms. The van der Waals surface area contributed by atoms with Crippen molar-refractivity contribution in [1.29, 1.82) is 0 Å². The molecule has 0 bridgehead atoms. The molecule has 1 unspecified atom stereocenters. The predicted octanol–water partition coefficient (Wildman–Crippen LogP) is 3.83. The van der Waals surface area contributed by atoms with Crippen molar-refractivity contribution in [2.24, 2.45) is 0 Å². The van der Waals surface area contributed by atoms with Gasteiger partial charge in [0.05, 0.1) is 12.0 Å². The molecule has 19 heavy (non-hydrogen) atoms.